The van der Waals surface area contributed by atoms with Gasteiger partial charge >= 0.3 is 24.2 Å². The van der Waals surface area contributed by atoms with Crippen LogP contribution in [0.15, 0.2) is 18.3 Å². The largest absolute Gasteiger partial charge is 0.470 e. The Kier molecular flexibility index (Phi) is 4.99. The number of likely N-dealkylation sites (tertiary alicyclic amines) is 1. The van der Waals surface area contributed by atoms with E-state index < -0.39 is 60.7 Å². The molecule has 0 N–H and O–H groups in total. The number of carbonyl (C=O) groups is 1. The molecule has 1 fully saturated rings. The smallest absolute Gasteiger partial charge is 0.460 e. The van der Waals surface area contributed by atoms with Crippen molar-refractivity contribution in [3.8, 4) is 5.88 Å². The van der Waals surface area contributed by atoms with Crippen molar-refractivity contribution in [3.05, 3.63) is 23.9 Å². The highest BCUT2D eigenvalue weighted by atomic mass is 19.4. The van der Waals surface area contributed by atoms with Gasteiger partial charge < -0.3 is 9.64 Å². The Morgan fingerprint density at radius 3 is 2.07 bits per heavy atom. The van der Waals surface area contributed by atoms with Crippen LogP contribution in [0.2, 0.25) is 0 Å². The van der Waals surface area contributed by atoms with E-state index in [0.29, 0.717) is 6.07 Å². The second kappa shape index (κ2) is 6.41. The third kappa shape index (κ3) is 3.74. The molecule has 0 atom stereocenters. The average Bonchev–Trinajstić information content (AvgIpc) is 2.47. The predicted octanol–water partition coefficient (Wildman–Crippen LogP) is 3.52. The third-order valence-corrected chi connectivity index (χ3v) is 3.51. The van der Waals surface area contributed by atoms with Crippen LogP contribution in [-0.4, -0.2) is 53.0 Å². The quantitative estimate of drug-likeness (QED) is 0.709. The lowest BCUT2D eigenvalue weighted by molar-refractivity contribution is -0.346. The zero-order valence-electron chi connectivity index (χ0n) is 12.7. The number of nitrogens with zero attached hydrogens (tertiary/aromatic N) is 2. The number of hydrogen-bond donors (Lipinski definition) is 0. The first-order valence-corrected chi connectivity index (χ1v) is 6.89. The summed E-state index contributed by atoms with van der Waals surface area (Å²) in [5.74, 6) is -16.5. The van der Waals surface area contributed by atoms with E-state index in [2.05, 4.69) is 4.98 Å². The summed E-state index contributed by atoms with van der Waals surface area (Å²) in [6.07, 6.45) is -12.0. The van der Waals surface area contributed by atoms with E-state index in [1.165, 1.54) is 0 Å². The van der Waals surface area contributed by atoms with Crippen molar-refractivity contribution >= 4 is 5.91 Å². The van der Waals surface area contributed by atoms with Gasteiger partial charge in [0.25, 0.3) is 5.91 Å². The zero-order chi connectivity index (χ0) is 20.8. The third-order valence-electron chi connectivity index (χ3n) is 3.51. The number of halogens is 10. The molecule has 1 amide bonds. The van der Waals surface area contributed by atoms with Crippen molar-refractivity contribution in [2.24, 2.45) is 0 Å². The number of alkyl halides is 10. The van der Waals surface area contributed by atoms with Gasteiger partial charge in [-0.3, -0.25) is 4.79 Å². The van der Waals surface area contributed by atoms with Crippen molar-refractivity contribution in [2.45, 2.75) is 30.3 Å². The minimum absolute atomic E-state index is 0.0828. The van der Waals surface area contributed by atoms with E-state index in [-0.39, 0.29) is 4.90 Å². The van der Waals surface area contributed by atoms with Gasteiger partial charge in [0.1, 0.15) is 11.7 Å². The molecule has 0 aliphatic carbocycles. The number of aromatic nitrogens is 1. The topological polar surface area (TPSA) is 42.4 Å². The summed E-state index contributed by atoms with van der Waals surface area (Å²) in [7, 11) is 0. The van der Waals surface area contributed by atoms with Gasteiger partial charge in [-0.2, -0.15) is 43.9 Å². The number of ether oxygens (including phenoxy) is 1. The average molecular weight is 414 g/mol. The second-order valence-corrected chi connectivity index (χ2v) is 5.45. The summed E-state index contributed by atoms with van der Waals surface area (Å²) < 4.78 is 131. The van der Waals surface area contributed by atoms with E-state index in [9.17, 15) is 48.7 Å². The minimum Gasteiger partial charge on any atom is -0.470 e. The van der Waals surface area contributed by atoms with E-state index in [4.69, 9.17) is 4.74 Å². The fourth-order valence-corrected chi connectivity index (χ4v) is 2.05. The lowest BCUT2D eigenvalue weighted by Gasteiger charge is -2.41. The zero-order valence-corrected chi connectivity index (χ0v) is 12.7. The van der Waals surface area contributed by atoms with E-state index in [1.807, 2.05) is 0 Å². The SMILES string of the molecule is O=C(N1CC(Oc2ncccc2C(F)(F)F)C1)C(F)(F)C(F)(F)C(F)(F)F. The molecular weight excluding hydrogens is 406 g/mol. The van der Waals surface area contributed by atoms with Crippen LogP contribution in [0.25, 0.3) is 0 Å². The van der Waals surface area contributed by atoms with Crippen LogP contribution in [-0.2, 0) is 11.0 Å². The van der Waals surface area contributed by atoms with Crippen LogP contribution < -0.4 is 4.74 Å². The summed E-state index contributed by atoms with van der Waals surface area (Å²) in [4.78, 5) is 14.5. The molecule has 0 bridgehead atoms. The molecule has 2 heterocycles. The molecular formula is C13H8F10N2O2. The Morgan fingerprint density at radius 2 is 1.59 bits per heavy atom. The van der Waals surface area contributed by atoms with Crippen molar-refractivity contribution in [3.63, 3.8) is 0 Å². The summed E-state index contributed by atoms with van der Waals surface area (Å²) >= 11 is 0. The molecule has 0 aromatic carbocycles. The number of amides is 1. The molecule has 0 saturated carbocycles. The molecule has 152 valence electrons. The second-order valence-electron chi connectivity index (χ2n) is 5.45. The van der Waals surface area contributed by atoms with Crippen LogP contribution in [0, 0.1) is 0 Å². The van der Waals surface area contributed by atoms with Crippen molar-refractivity contribution in [2.75, 3.05) is 13.1 Å². The first kappa shape index (κ1) is 21.0. The maximum Gasteiger partial charge on any atom is 0.460 e. The Labute approximate surface area is 143 Å². The number of pyridine rings is 1. The predicted molar refractivity (Wildman–Crippen MR) is 66.2 cm³/mol. The van der Waals surface area contributed by atoms with Gasteiger partial charge in [0, 0.05) is 6.20 Å². The molecule has 0 unspecified atom stereocenters. The van der Waals surface area contributed by atoms with Crippen LogP contribution in [0.5, 0.6) is 5.88 Å². The normalized spacial score (nSPS) is 16.9. The fourth-order valence-electron chi connectivity index (χ4n) is 2.05. The molecule has 1 aromatic rings. The van der Waals surface area contributed by atoms with Gasteiger partial charge in [0.05, 0.1) is 13.1 Å². The van der Waals surface area contributed by atoms with Crippen LogP contribution in [0.3, 0.4) is 0 Å². The molecule has 1 saturated heterocycles. The first-order valence-electron chi connectivity index (χ1n) is 6.89. The van der Waals surface area contributed by atoms with Gasteiger partial charge in [0.2, 0.25) is 5.88 Å². The number of rotatable bonds is 4. The van der Waals surface area contributed by atoms with E-state index in [0.717, 1.165) is 12.3 Å². The summed E-state index contributed by atoms with van der Waals surface area (Å²) in [5.41, 5.74) is -1.32. The molecule has 1 aromatic heterocycles. The monoisotopic (exact) mass is 414 g/mol. The van der Waals surface area contributed by atoms with Crippen molar-refractivity contribution in [1.82, 2.24) is 9.88 Å². The summed E-state index contributed by atoms with van der Waals surface area (Å²) in [6, 6.07) is 1.54. The van der Waals surface area contributed by atoms with Crippen LogP contribution in [0.4, 0.5) is 43.9 Å². The first-order chi connectivity index (χ1) is 12.1. The molecule has 1 aliphatic rings. The summed E-state index contributed by atoms with van der Waals surface area (Å²) in [6.45, 7) is -1.84. The molecule has 14 heteroatoms. The molecule has 1 aliphatic heterocycles. The van der Waals surface area contributed by atoms with Crippen LogP contribution in [0.1, 0.15) is 5.56 Å². The van der Waals surface area contributed by atoms with Gasteiger partial charge in [-0.15, -0.1) is 0 Å². The Balaban J connectivity index is 2.06. The maximum absolute atomic E-state index is 13.3. The lowest BCUT2D eigenvalue weighted by atomic mass is 10.1. The highest BCUT2D eigenvalue weighted by Gasteiger charge is 2.77. The Bertz CT molecular complexity index is 710. The Morgan fingerprint density at radius 1 is 1.04 bits per heavy atom. The molecule has 2 rings (SSSR count). The van der Waals surface area contributed by atoms with Gasteiger partial charge in [-0.25, -0.2) is 4.98 Å². The highest BCUT2D eigenvalue weighted by Crippen LogP contribution is 2.47. The van der Waals surface area contributed by atoms with Gasteiger partial charge in [0.15, 0.2) is 0 Å². The Hall–Kier alpha value is -2.28. The van der Waals surface area contributed by atoms with Gasteiger partial charge in [-0.05, 0) is 12.1 Å². The van der Waals surface area contributed by atoms with Crippen LogP contribution >= 0.6 is 0 Å². The standard InChI is InChI=1S/C13H8F10N2O2/c14-10(15,12(19,20)13(21,22)23)9(26)25-4-6(5-25)27-8-7(11(16,17)18)2-1-3-24-8/h1-3,6H,4-5H2. The summed E-state index contributed by atoms with van der Waals surface area (Å²) in [5, 5.41) is 0. The number of hydrogen-bond acceptors (Lipinski definition) is 3. The van der Waals surface area contributed by atoms with Crippen molar-refractivity contribution < 1.29 is 53.4 Å². The minimum atomic E-state index is -6.68. The highest BCUT2D eigenvalue weighted by molar-refractivity contribution is 5.85. The molecule has 0 radical (unpaired) electrons. The lowest BCUT2D eigenvalue weighted by Crippen LogP contribution is -2.66. The van der Waals surface area contributed by atoms with E-state index >= 15 is 0 Å². The molecule has 0 spiro atoms. The maximum atomic E-state index is 13.3. The number of carbonyl (C=O) groups excluding carboxylic acids is 1. The van der Waals surface area contributed by atoms with E-state index in [1.54, 1.807) is 0 Å². The van der Waals surface area contributed by atoms with Gasteiger partial charge in [-0.1, -0.05) is 0 Å². The van der Waals surface area contributed by atoms with Crippen molar-refractivity contribution in [1.29, 1.82) is 0 Å². The molecule has 4 nitrogen and oxygen atoms in total. The fraction of sp³-hybridized carbons (Fsp3) is 0.538. The molecule has 27 heavy (non-hydrogen) atoms.